The van der Waals surface area contributed by atoms with E-state index < -0.39 is 5.97 Å². The molecule has 32 heavy (non-hydrogen) atoms. The van der Waals surface area contributed by atoms with E-state index >= 15 is 0 Å². The van der Waals surface area contributed by atoms with Gasteiger partial charge in [0.2, 0.25) is 5.95 Å². The molecule has 3 N–H and O–H groups in total. The number of rotatable bonds is 8. The van der Waals surface area contributed by atoms with Crippen molar-refractivity contribution in [2.75, 3.05) is 17.2 Å². The molecule has 1 fully saturated rings. The number of nitrogens with one attached hydrogen (secondary N) is 2. The van der Waals surface area contributed by atoms with Crippen molar-refractivity contribution < 1.29 is 9.90 Å². The number of anilines is 2. The van der Waals surface area contributed by atoms with Crippen LogP contribution in [-0.4, -0.2) is 27.2 Å². The maximum Gasteiger partial charge on any atom is 0.337 e. The maximum absolute atomic E-state index is 13.1. The summed E-state index contributed by atoms with van der Waals surface area (Å²) in [7, 11) is 1.75. The van der Waals surface area contributed by atoms with Crippen molar-refractivity contribution in [3.05, 3.63) is 63.4 Å². The first-order valence-corrected chi connectivity index (χ1v) is 11.1. The monoisotopic (exact) mass is 434 g/mol. The maximum atomic E-state index is 13.1. The predicted octanol–water partition coefficient (Wildman–Crippen LogP) is 4.54. The summed E-state index contributed by atoms with van der Waals surface area (Å²) in [5.41, 5.74) is 3.40. The van der Waals surface area contributed by atoms with Crippen molar-refractivity contribution in [3.8, 4) is 0 Å². The largest absolute Gasteiger partial charge is 0.478 e. The number of carboxylic acid groups (broad SMARTS) is 1. The number of benzene rings is 2. The number of carboxylic acids is 1. The van der Waals surface area contributed by atoms with Gasteiger partial charge in [0.25, 0.3) is 5.56 Å². The topological polar surface area (TPSA) is 96.2 Å². The molecule has 2 aromatic carbocycles. The minimum absolute atomic E-state index is 0.0902. The number of carbonyl (C=O) groups is 1. The summed E-state index contributed by atoms with van der Waals surface area (Å²) >= 11 is 0. The molecule has 0 aliphatic heterocycles. The minimum Gasteiger partial charge on any atom is -0.478 e. The lowest BCUT2D eigenvalue weighted by Crippen LogP contribution is -2.37. The third kappa shape index (κ3) is 4.07. The van der Waals surface area contributed by atoms with Crippen molar-refractivity contribution >= 4 is 28.5 Å². The van der Waals surface area contributed by atoms with Gasteiger partial charge in [0.15, 0.2) is 0 Å². The molecule has 0 amide bonds. The highest BCUT2D eigenvalue weighted by atomic mass is 16.4. The molecule has 1 aliphatic rings. The summed E-state index contributed by atoms with van der Waals surface area (Å²) in [6.07, 6.45) is 4.77. The van der Waals surface area contributed by atoms with Gasteiger partial charge in [-0.2, -0.15) is 0 Å². The summed E-state index contributed by atoms with van der Waals surface area (Å²) in [6, 6.07) is 10.7. The van der Waals surface area contributed by atoms with E-state index in [0.29, 0.717) is 34.5 Å². The molecule has 168 valence electrons. The average molecular weight is 435 g/mol. The van der Waals surface area contributed by atoms with Gasteiger partial charge in [-0.05, 0) is 60.9 Å². The van der Waals surface area contributed by atoms with Gasteiger partial charge in [-0.1, -0.05) is 31.5 Å². The molecule has 0 saturated heterocycles. The van der Waals surface area contributed by atoms with Crippen molar-refractivity contribution in [2.24, 2.45) is 12.5 Å². The van der Waals surface area contributed by atoms with Gasteiger partial charge < -0.3 is 15.7 Å². The Hall–Kier alpha value is -3.35. The molecule has 4 rings (SSSR count). The number of nitrogens with zero attached hydrogens (tertiary/aromatic N) is 2. The van der Waals surface area contributed by atoms with E-state index in [0.717, 1.165) is 24.1 Å². The lowest BCUT2D eigenvalue weighted by molar-refractivity contribution is 0.0698. The normalized spacial score (nSPS) is 14.7. The zero-order chi connectivity index (χ0) is 22.9. The summed E-state index contributed by atoms with van der Waals surface area (Å²) < 4.78 is 1.58. The van der Waals surface area contributed by atoms with Crippen molar-refractivity contribution in [1.29, 1.82) is 0 Å². The summed E-state index contributed by atoms with van der Waals surface area (Å²) in [6.45, 7) is 5.33. The minimum atomic E-state index is -0.985. The van der Waals surface area contributed by atoms with Crippen LogP contribution in [0.3, 0.4) is 0 Å². The Morgan fingerprint density at radius 2 is 1.97 bits per heavy atom. The van der Waals surface area contributed by atoms with Crippen LogP contribution in [0.25, 0.3) is 10.9 Å². The lowest BCUT2D eigenvalue weighted by atomic mass is 9.67. The highest BCUT2D eigenvalue weighted by molar-refractivity contribution is 5.94. The summed E-state index contributed by atoms with van der Waals surface area (Å²) in [5.74, 6) is -0.417. The molecule has 1 heterocycles. The number of hydrogen-bond acceptors (Lipinski definition) is 5. The molecule has 1 aliphatic carbocycles. The van der Waals surface area contributed by atoms with Crippen LogP contribution in [0.4, 0.5) is 11.6 Å². The van der Waals surface area contributed by atoms with Crippen LogP contribution < -0.4 is 16.2 Å². The van der Waals surface area contributed by atoms with E-state index in [2.05, 4.69) is 17.6 Å². The smallest absolute Gasteiger partial charge is 0.337 e. The number of para-hydroxylation sites is 1. The molecular formula is C25H30N4O3. The number of hydrogen-bond donors (Lipinski definition) is 3. The molecule has 1 aromatic heterocycles. The third-order valence-electron chi connectivity index (χ3n) is 6.82. The second kappa shape index (κ2) is 8.65. The van der Waals surface area contributed by atoms with Gasteiger partial charge in [-0.25, -0.2) is 9.78 Å². The van der Waals surface area contributed by atoms with E-state index in [9.17, 15) is 14.7 Å². The Balaban J connectivity index is 1.69. The zero-order valence-corrected chi connectivity index (χ0v) is 18.9. The van der Waals surface area contributed by atoms with Gasteiger partial charge >= 0.3 is 5.97 Å². The highest BCUT2D eigenvalue weighted by Gasteiger charge is 2.35. The highest BCUT2D eigenvalue weighted by Crippen LogP contribution is 2.43. The molecule has 0 atom stereocenters. The molecule has 0 bridgehead atoms. The standard InChI is InChI=1S/C25H30N4O3/c1-4-25(10-7-11-25)15-27-24-28-21-17(12-16(2)13-19(21)22(30)29(24)3)14-26-20-9-6-5-8-18(20)23(31)32/h5-6,8-9,12-13,26H,4,7,10-11,14-15H2,1-3H3,(H,27,28)(H,31,32). The number of fused-ring (bicyclic) bond motifs is 1. The zero-order valence-electron chi connectivity index (χ0n) is 18.9. The second-order valence-electron chi connectivity index (χ2n) is 8.88. The fraction of sp³-hybridized carbons (Fsp3) is 0.400. The Kier molecular flexibility index (Phi) is 5.91. The second-order valence-corrected chi connectivity index (χ2v) is 8.88. The van der Waals surface area contributed by atoms with Crippen LogP contribution in [0.2, 0.25) is 0 Å². The third-order valence-corrected chi connectivity index (χ3v) is 6.82. The fourth-order valence-corrected chi connectivity index (χ4v) is 4.51. The van der Waals surface area contributed by atoms with Crippen molar-refractivity contribution in [3.63, 3.8) is 0 Å². The van der Waals surface area contributed by atoms with Gasteiger partial charge in [-0.15, -0.1) is 0 Å². The van der Waals surface area contributed by atoms with Crippen LogP contribution in [0, 0.1) is 12.3 Å². The van der Waals surface area contributed by atoms with Crippen LogP contribution in [0.15, 0.2) is 41.2 Å². The summed E-state index contributed by atoms with van der Waals surface area (Å²) in [5, 5.41) is 16.7. The van der Waals surface area contributed by atoms with Crippen LogP contribution >= 0.6 is 0 Å². The van der Waals surface area contributed by atoms with Gasteiger partial charge in [0, 0.05) is 25.8 Å². The number of aromatic carboxylic acids is 1. The van der Waals surface area contributed by atoms with E-state index in [1.54, 1.807) is 35.9 Å². The summed E-state index contributed by atoms with van der Waals surface area (Å²) in [4.78, 5) is 29.5. The fourth-order valence-electron chi connectivity index (χ4n) is 4.51. The van der Waals surface area contributed by atoms with Crippen molar-refractivity contribution in [2.45, 2.75) is 46.1 Å². The SMILES string of the molecule is CCC1(CNc2nc3c(CNc4ccccc4C(=O)O)cc(C)cc3c(=O)n2C)CCC1. The quantitative estimate of drug-likeness (QED) is 0.482. The Morgan fingerprint density at radius 3 is 2.62 bits per heavy atom. The first-order chi connectivity index (χ1) is 15.3. The van der Waals surface area contributed by atoms with Gasteiger partial charge in [-0.3, -0.25) is 9.36 Å². The molecule has 7 nitrogen and oxygen atoms in total. The van der Waals surface area contributed by atoms with E-state index in [1.807, 2.05) is 19.1 Å². The van der Waals surface area contributed by atoms with Crippen LogP contribution in [-0.2, 0) is 13.6 Å². The first-order valence-electron chi connectivity index (χ1n) is 11.1. The van der Waals surface area contributed by atoms with E-state index in [-0.39, 0.29) is 11.1 Å². The average Bonchev–Trinajstić information content (AvgIpc) is 2.75. The Bertz CT molecular complexity index is 1220. The first kappa shape index (κ1) is 21.9. The number of aromatic nitrogens is 2. The van der Waals surface area contributed by atoms with E-state index in [4.69, 9.17) is 4.98 Å². The molecule has 3 aromatic rings. The molecular weight excluding hydrogens is 404 g/mol. The Morgan fingerprint density at radius 1 is 1.22 bits per heavy atom. The van der Waals surface area contributed by atoms with Crippen LogP contribution in [0.5, 0.6) is 0 Å². The predicted molar refractivity (Wildman–Crippen MR) is 128 cm³/mol. The van der Waals surface area contributed by atoms with Gasteiger partial charge in [0.05, 0.1) is 16.5 Å². The van der Waals surface area contributed by atoms with Gasteiger partial charge in [0.1, 0.15) is 0 Å². The molecule has 0 spiro atoms. The number of aryl methyl sites for hydroxylation is 1. The molecule has 1 saturated carbocycles. The Labute approximate surface area is 187 Å². The van der Waals surface area contributed by atoms with Crippen LogP contribution in [0.1, 0.15) is 54.1 Å². The van der Waals surface area contributed by atoms with E-state index in [1.165, 1.54) is 19.3 Å². The molecule has 0 radical (unpaired) electrons. The molecule has 7 heteroatoms. The van der Waals surface area contributed by atoms with Crippen molar-refractivity contribution in [1.82, 2.24) is 9.55 Å². The molecule has 0 unspecified atom stereocenters. The lowest BCUT2D eigenvalue weighted by Gasteiger charge is -2.41.